The van der Waals surface area contributed by atoms with Gasteiger partial charge in [0.25, 0.3) is 0 Å². The van der Waals surface area contributed by atoms with Crippen molar-refractivity contribution in [2.45, 2.75) is 6.92 Å². The lowest BCUT2D eigenvalue weighted by atomic mass is 10.2. The van der Waals surface area contributed by atoms with Crippen molar-refractivity contribution in [1.29, 1.82) is 0 Å². The third-order valence-electron chi connectivity index (χ3n) is 2.62. The molecule has 0 aliphatic carbocycles. The van der Waals surface area contributed by atoms with Gasteiger partial charge in [-0.05, 0) is 12.1 Å². The third-order valence-corrected chi connectivity index (χ3v) is 2.62. The van der Waals surface area contributed by atoms with Crippen LogP contribution in [-0.2, 0) is 4.79 Å². The van der Waals surface area contributed by atoms with E-state index in [9.17, 15) is 9.59 Å². The smallest absolute Gasteiger partial charge is 0.319 e. The number of carbonyl (C=O) groups is 2. The van der Waals surface area contributed by atoms with Crippen LogP contribution in [-0.4, -0.2) is 30.4 Å². The van der Waals surface area contributed by atoms with Gasteiger partial charge in [0.05, 0.1) is 5.92 Å². The zero-order chi connectivity index (χ0) is 13.8. The van der Waals surface area contributed by atoms with Crippen LogP contribution < -0.4 is 20.1 Å². The second kappa shape index (κ2) is 5.47. The molecule has 1 aromatic carbocycles. The monoisotopic (exact) mass is 266 g/mol. The van der Waals surface area contributed by atoms with E-state index in [4.69, 9.17) is 14.6 Å². The fraction of sp³-hybridized carbons (Fsp3) is 0.333. The SMILES string of the molecule is CC(CNC(=O)Nc1ccc2c(c1)OCO2)C(=O)O. The summed E-state index contributed by atoms with van der Waals surface area (Å²) in [5.41, 5.74) is 0.546. The minimum absolute atomic E-state index is 0.0612. The van der Waals surface area contributed by atoms with E-state index < -0.39 is 17.9 Å². The summed E-state index contributed by atoms with van der Waals surface area (Å²) in [6.07, 6.45) is 0. The quantitative estimate of drug-likeness (QED) is 0.762. The number of ether oxygens (including phenoxy) is 2. The van der Waals surface area contributed by atoms with Gasteiger partial charge in [-0.25, -0.2) is 4.79 Å². The highest BCUT2D eigenvalue weighted by molar-refractivity contribution is 5.90. The molecule has 0 bridgehead atoms. The highest BCUT2D eigenvalue weighted by Gasteiger charge is 2.15. The fourth-order valence-corrected chi connectivity index (χ4v) is 1.48. The Morgan fingerprint density at radius 1 is 1.37 bits per heavy atom. The van der Waals surface area contributed by atoms with Gasteiger partial charge in [-0.2, -0.15) is 0 Å². The Balaban J connectivity index is 1.87. The molecule has 3 N–H and O–H groups in total. The van der Waals surface area contributed by atoms with Crippen LogP contribution in [0.3, 0.4) is 0 Å². The van der Waals surface area contributed by atoms with Gasteiger partial charge in [-0.15, -0.1) is 0 Å². The largest absolute Gasteiger partial charge is 0.481 e. The second-order valence-corrected chi connectivity index (χ2v) is 4.14. The van der Waals surface area contributed by atoms with E-state index in [1.54, 1.807) is 18.2 Å². The van der Waals surface area contributed by atoms with Crippen LogP contribution in [0.5, 0.6) is 11.5 Å². The molecule has 1 aliphatic rings. The van der Waals surface area contributed by atoms with E-state index in [1.165, 1.54) is 6.92 Å². The number of urea groups is 1. The van der Waals surface area contributed by atoms with Gasteiger partial charge in [0.1, 0.15) is 0 Å². The number of fused-ring (bicyclic) bond motifs is 1. The Labute approximate surface area is 109 Å². The summed E-state index contributed by atoms with van der Waals surface area (Å²) >= 11 is 0. The number of carbonyl (C=O) groups excluding carboxylic acids is 1. The van der Waals surface area contributed by atoms with Gasteiger partial charge >= 0.3 is 12.0 Å². The normalized spacial score (nSPS) is 13.7. The van der Waals surface area contributed by atoms with E-state index in [0.717, 1.165) is 0 Å². The first kappa shape index (κ1) is 13.0. The van der Waals surface area contributed by atoms with E-state index in [1.807, 2.05) is 0 Å². The summed E-state index contributed by atoms with van der Waals surface area (Å²) in [6, 6.07) is 4.54. The number of carboxylic acids is 1. The van der Waals surface area contributed by atoms with E-state index in [0.29, 0.717) is 17.2 Å². The second-order valence-electron chi connectivity index (χ2n) is 4.14. The molecular formula is C12H14N2O5. The van der Waals surface area contributed by atoms with Crippen molar-refractivity contribution in [3.63, 3.8) is 0 Å². The molecule has 102 valence electrons. The van der Waals surface area contributed by atoms with Crippen LogP contribution in [0, 0.1) is 5.92 Å². The van der Waals surface area contributed by atoms with Crippen molar-refractivity contribution in [2.24, 2.45) is 5.92 Å². The number of anilines is 1. The molecule has 1 heterocycles. The van der Waals surface area contributed by atoms with Crippen LogP contribution in [0.4, 0.5) is 10.5 Å². The van der Waals surface area contributed by atoms with Crippen molar-refractivity contribution in [3.8, 4) is 11.5 Å². The van der Waals surface area contributed by atoms with E-state index in [2.05, 4.69) is 10.6 Å². The third kappa shape index (κ3) is 3.27. The van der Waals surface area contributed by atoms with E-state index >= 15 is 0 Å². The van der Waals surface area contributed by atoms with Crippen molar-refractivity contribution in [3.05, 3.63) is 18.2 Å². The number of nitrogens with one attached hydrogen (secondary N) is 2. The topological polar surface area (TPSA) is 96.9 Å². The zero-order valence-electron chi connectivity index (χ0n) is 10.3. The van der Waals surface area contributed by atoms with Gasteiger partial charge < -0.3 is 25.2 Å². The van der Waals surface area contributed by atoms with Crippen LogP contribution in [0.1, 0.15) is 6.92 Å². The summed E-state index contributed by atoms with van der Waals surface area (Å²) in [5.74, 6) is -0.395. The van der Waals surface area contributed by atoms with Gasteiger partial charge in [0.15, 0.2) is 11.5 Å². The molecule has 0 radical (unpaired) electrons. The molecule has 1 atom stereocenters. The molecular weight excluding hydrogens is 252 g/mol. The highest BCUT2D eigenvalue weighted by atomic mass is 16.7. The number of amides is 2. The molecule has 1 unspecified atom stereocenters. The summed E-state index contributed by atoms with van der Waals surface area (Å²) in [5, 5.41) is 13.8. The summed E-state index contributed by atoms with van der Waals surface area (Å²) in [4.78, 5) is 22.1. The molecule has 0 fully saturated rings. The first-order valence-corrected chi connectivity index (χ1v) is 5.73. The van der Waals surface area contributed by atoms with Gasteiger partial charge in [-0.1, -0.05) is 6.92 Å². The maximum absolute atomic E-state index is 11.6. The lowest BCUT2D eigenvalue weighted by molar-refractivity contribution is -0.140. The molecule has 0 spiro atoms. The maximum atomic E-state index is 11.6. The van der Waals surface area contributed by atoms with Gasteiger partial charge in [-0.3, -0.25) is 4.79 Å². The number of aliphatic carboxylic acids is 1. The number of hydrogen-bond donors (Lipinski definition) is 3. The maximum Gasteiger partial charge on any atom is 0.319 e. The molecule has 7 nitrogen and oxygen atoms in total. The van der Waals surface area contributed by atoms with Crippen LogP contribution in [0.2, 0.25) is 0 Å². The predicted octanol–water partition coefficient (Wildman–Crippen LogP) is 1.26. The molecule has 0 saturated heterocycles. The minimum atomic E-state index is -0.955. The Hall–Kier alpha value is -2.44. The Kier molecular flexibility index (Phi) is 3.74. The van der Waals surface area contributed by atoms with Gasteiger partial charge in [0.2, 0.25) is 6.79 Å². The molecule has 2 amide bonds. The molecule has 2 rings (SSSR count). The van der Waals surface area contributed by atoms with E-state index in [-0.39, 0.29) is 13.3 Å². The van der Waals surface area contributed by atoms with Crippen LogP contribution >= 0.6 is 0 Å². The lowest BCUT2D eigenvalue weighted by Gasteiger charge is -2.10. The predicted molar refractivity (Wildman–Crippen MR) is 66.4 cm³/mol. The fourth-order valence-electron chi connectivity index (χ4n) is 1.48. The summed E-state index contributed by atoms with van der Waals surface area (Å²) in [7, 11) is 0. The average Bonchev–Trinajstić information content (AvgIpc) is 2.83. The molecule has 0 saturated carbocycles. The average molecular weight is 266 g/mol. The summed E-state index contributed by atoms with van der Waals surface area (Å²) < 4.78 is 10.3. The van der Waals surface area contributed by atoms with Crippen molar-refractivity contribution < 1.29 is 24.2 Å². The molecule has 0 aromatic heterocycles. The van der Waals surface area contributed by atoms with Crippen molar-refractivity contribution in [2.75, 3.05) is 18.7 Å². The Bertz CT molecular complexity index is 503. The number of carboxylic acid groups (broad SMARTS) is 1. The number of hydrogen-bond acceptors (Lipinski definition) is 4. The Morgan fingerprint density at radius 3 is 2.84 bits per heavy atom. The first-order valence-electron chi connectivity index (χ1n) is 5.73. The van der Waals surface area contributed by atoms with Crippen LogP contribution in [0.15, 0.2) is 18.2 Å². The molecule has 7 heteroatoms. The zero-order valence-corrected chi connectivity index (χ0v) is 10.3. The molecule has 1 aromatic rings. The molecule has 19 heavy (non-hydrogen) atoms. The Morgan fingerprint density at radius 2 is 2.11 bits per heavy atom. The van der Waals surface area contributed by atoms with Gasteiger partial charge in [0, 0.05) is 18.3 Å². The van der Waals surface area contributed by atoms with Crippen molar-refractivity contribution in [1.82, 2.24) is 5.32 Å². The minimum Gasteiger partial charge on any atom is -0.481 e. The summed E-state index contributed by atoms with van der Waals surface area (Å²) in [6.45, 7) is 1.75. The van der Waals surface area contributed by atoms with Crippen molar-refractivity contribution >= 4 is 17.7 Å². The number of benzene rings is 1. The van der Waals surface area contributed by atoms with Crippen LogP contribution in [0.25, 0.3) is 0 Å². The first-order chi connectivity index (χ1) is 9.06. The molecule has 1 aliphatic heterocycles. The highest BCUT2D eigenvalue weighted by Crippen LogP contribution is 2.34. The lowest BCUT2D eigenvalue weighted by Crippen LogP contribution is -2.34. The standard InChI is InChI=1S/C12H14N2O5/c1-7(11(15)16)5-13-12(17)14-8-2-3-9-10(4-8)19-6-18-9/h2-4,7H,5-6H2,1H3,(H,15,16)(H2,13,14,17). The number of rotatable bonds is 4.